The molecule has 0 fully saturated rings. The Morgan fingerprint density at radius 2 is 1.21 bits per heavy atom. The van der Waals surface area contributed by atoms with Crippen LogP contribution in [0.5, 0.6) is 11.5 Å². The minimum absolute atomic E-state index is 0. The quantitative estimate of drug-likeness (QED) is 0.127. The zero-order valence-electron chi connectivity index (χ0n) is 35.9. The van der Waals surface area contributed by atoms with Gasteiger partial charge >= 0.3 is 0 Å². The van der Waals surface area contributed by atoms with Crippen LogP contribution < -0.4 is 9.30 Å². The van der Waals surface area contributed by atoms with Gasteiger partial charge in [-0.15, -0.1) is 29.7 Å². The van der Waals surface area contributed by atoms with Crippen molar-refractivity contribution in [2.45, 2.75) is 105 Å². The van der Waals surface area contributed by atoms with Crippen LogP contribution in [0.3, 0.4) is 0 Å². The molecule has 0 saturated carbocycles. The molecular weight excluding hydrogens is 892 g/mol. The second kappa shape index (κ2) is 14.7. The fourth-order valence-corrected chi connectivity index (χ4v) is 7.83. The van der Waals surface area contributed by atoms with Crippen molar-refractivity contribution in [3.63, 3.8) is 0 Å². The number of nitrogens with zero attached hydrogens (tertiary/aromatic N) is 4. The molecule has 0 unspecified atom stereocenters. The number of hydrogen-bond donors (Lipinski definition) is 0. The van der Waals surface area contributed by atoms with E-state index in [0.29, 0.717) is 11.5 Å². The van der Waals surface area contributed by atoms with Gasteiger partial charge < -0.3 is 13.9 Å². The standard InChI is InChI=1S/C52H54N4O.Pt/c1-49(2,3)34-26-27-53-47(30-34)56-43-21-14-13-18-39(43)40-25-24-37(32-46(40)56)57-38-29-35(50(4,5)6)28-36(31-38)54-33-55(45-23-16-15-22-44(45)54)48-41(51(7,8)9)19-17-20-42(48)52(10,11)12;/h13-30H,1-12H3;/q-2;. The topological polar surface area (TPSA) is 35.9 Å². The fraction of sp³-hybridized carbons (Fsp3) is 0.308. The third-order valence-electron chi connectivity index (χ3n) is 11.0. The first-order valence-electron chi connectivity index (χ1n) is 20.1. The predicted molar refractivity (Wildman–Crippen MR) is 235 cm³/mol. The molecule has 0 N–H and O–H groups in total. The van der Waals surface area contributed by atoms with E-state index in [4.69, 9.17) is 9.72 Å². The number of hydrogen-bond acceptors (Lipinski definition) is 2. The van der Waals surface area contributed by atoms with Crippen LogP contribution in [0.15, 0.2) is 109 Å². The van der Waals surface area contributed by atoms with Crippen LogP contribution in [0.4, 0.5) is 0 Å². The summed E-state index contributed by atoms with van der Waals surface area (Å²) in [7, 11) is 0. The van der Waals surface area contributed by atoms with Gasteiger partial charge in [-0.05, 0) is 67.6 Å². The van der Waals surface area contributed by atoms with Crippen molar-refractivity contribution in [1.29, 1.82) is 0 Å². The molecule has 8 rings (SSSR count). The van der Waals surface area contributed by atoms with Gasteiger partial charge in [-0.2, -0.15) is 17.7 Å². The third-order valence-corrected chi connectivity index (χ3v) is 11.0. The third kappa shape index (κ3) is 7.55. The van der Waals surface area contributed by atoms with E-state index in [1.807, 2.05) is 12.3 Å². The van der Waals surface area contributed by atoms with E-state index in [1.54, 1.807) is 0 Å². The van der Waals surface area contributed by atoms with Crippen molar-refractivity contribution in [2.75, 3.05) is 0 Å². The van der Waals surface area contributed by atoms with Crippen molar-refractivity contribution in [3.05, 3.63) is 150 Å². The Morgan fingerprint density at radius 3 is 1.86 bits per heavy atom. The van der Waals surface area contributed by atoms with Crippen LogP contribution >= 0.6 is 0 Å². The fourth-order valence-electron chi connectivity index (χ4n) is 7.83. The molecule has 6 heteroatoms. The summed E-state index contributed by atoms with van der Waals surface area (Å²) in [4.78, 5) is 4.87. The molecule has 3 heterocycles. The summed E-state index contributed by atoms with van der Waals surface area (Å²) in [5.74, 6) is 2.08. The second-order valence-electron chi connectivity index (χ2n) is 19.5. The van der Waals surface area contributed by atoms with Gasteiger partial charge in [0, 0.05) is 44.3 Å². The van der Waals surface area contributed by atoms with Crippen LogP contribution in [0.2, 0.25) is 0 Å². The van der Waals surface area contributed by atoms with Gasteiger partial charge in [-0.3, -0.25) is 4.57 Å². The average molecular weight is 946 g/mol. The number of pyridine rings is 1. The molecule has 0 radical (unpaired) electrons. The second-order valence-corrected chi connectivity index (χ2v) is 19.5. The number of rotatable bonds is 5. The molecule has 0 saturated heterocycles. The molecule has 58 heavy (non-hydrogen) atoms. The number of para-hydroxylation sites is 4. The molecular formula is C52H54N4OPt-2. The van der Waals surface area contributed by atoms with E-state index in [1.165, 1.54) is 22.4 Å². The Kier molecular flexibility index (Phi) is 10.4. The smallest absolute Gasteiger partial charge is 0.268 e. The zero-order chi connectivity index (χ0) is 40.7. The summed E-state index contributed by atoms with van der Waals surface area (Å²) >= 11 is 0. The number of aromatic nitrogens is 4. The minimum atomic E-state index is -0.164. The Morgan fingerprint density at radius 1 is 0.569 bits per heavy atom. The maximum absolute atomic E-state index is 6.80. The van der Waals surface area contributed by atoms with Gasteiger partial charge in [0.1, 0.15) is 5.82 Å². The van der Waals surface area contributed by atoms with Crippen molar-refractivity contribution < 1.29 is 30.4 Å². The van der Waals surface area contributed by atoms with Gasteiger partial charge in [-0.25, -0.2) is 4.98 Å². The molecule has 0 bridgehead atoms. The first-order valence-corrected chi connectivity index (χ1v) is 20.1. The molecule has 0 aliphatic rings. The zero-order valence-corrected chi connectivity index (χ0v) is 38.2. The predicted octanol–water partition coefficient (Wildman–Crippen LogP) is 12.8. The summed E-state index contributed by atoms with van der Waals surface area (Å²) in [6.45, 7) is 27.1. The SMILES string of the molecule is CC(C)(C)c1cc(Oc2[c-]c3c(cc2)c2ccccc2n3-c2cc(C(C)(C)C)ccn2)[c-]c(-n2[c-][n+](-c3c(C(C)(C)C)cccc3C(C)(C)C)c3ccccc32)c1.[Pt]. The molecule has 0 atom stereocenters. The number of ether oxygens (including phenoxy) is 1. The Labute approximate surface area is 359 Å². The van der Waals surface area contributed by atoms with Crippen LogP contribution in [0, 0.1) is 18.5 Å². The van der Waals surface area contributed by atoms with Gasteiger partial charge in [0.2, 0.25) is 0 Å². The van der Waals surface area contributed by atoms with E-state index in [9.17, 15) is 0 Å². The normalized spacial score (nSPS) is 12.7. The van der Waals surface area contributed by atoms with E-state index in [2.05, 4.69) is 212 Å². The summed E-state index contributed by atoms with van der Waals surface area (Å²) < 4.78 is 13.4. The summed E-state index contributed by atoms with van der Waals surface area (Å²) in [6.07, 6.45) is 5.73. The van der Waals surface area contributed by atoms with Gasteiger partial charge in [0.25, 0.3) is 6.33 Å². The first kappa shape index (κ1) is 41.2. The molecule has 0 amide bonds. The maximum atomic E-state index is 6.80. The minimum Gasteiger partial charge on any atom is -0.510 e. The average Bonchev–Trinajstić information content (AvgIpc) is 3.69. The first-order chi connectivity index (χ1) is 26.8. The van der Waals surface area contributed by atoms with Crippen LogP contribution in [-0.4, -0.2) is 14.1 Å². The van der Waals surface area contributed by atoms with Gasteiger partial charge in [-0.1, -0.05) is 149 Å². The van der Waals surface area contributed by atoms with E-state index in [-0.39, 0.29) is 42.7 Å². The monoisotopic (exact) mass is 945 g/mol. The molecule has 8 aromatic rings. The Balaban J connectivity index is 0.00000512. The Hall–Kier alpha value is -4.99. The van der Waals surface area contributed by atoms with Crippen LogP contribution in [-0.2, 0) is 42.7 Å². The number of imidazole rings is 1. The van der Waals surface area contributed by atoms with E-state index in [0.717, 1.165) is 49.9 Å². The van der Waals surface area contributed by atoms with Crippen molar-refractivity contribution in [1.82, 2.24) is 14.1 Å². The molecule has 300 valence electrons. The number of fused-ring (bicyclic) bond motifs is 4. The number of benzene rings is 5. The molecule has 0 spiro atoms. The van der Waals surface area contributed by atoms with Crippen molar-refractivity contribution >= 4 is 32.8 Å². The molecule has 0 aliphatic heterocycles. The van der Waals surface area contributed by atoms with E-state index < -0.39 is 0 Å². The van der Waals surface area contributed by atoms with Crippen molar-refractivity contribution in [2.24, 2.45) is 0 Å². The summed E-state index contributed by atoms with van der Waals surface area (Å²) in [5.41, 5.74) is 10.7. The summed E-state index contributed by atoms with van der Waals surface area (Å²) in [5, 5.41) is 2.24. The molecule has 0 aliphatic carbocycles. The molecule has 5 nitrogen and oxygen atoms in total. The maximum Gasteiger partial charge on any atom is 0.268 e. The van der Waals surface area contributed by atoms with Crippen LogP contribution in [0.25, 0.3) is 50.0 Å². The van der Waals surface area contributed by atoms with Crippen molar-refractivity contribution in [3.8, 4) is 28.7 Å². The Bertz CT molecular complexity index is 2780. The van der Waals surface area contributed by atoms with E-state index >= 15 is 0 Å². The van der Waals surface area contributed by atoms with Gasteiger partial charge in [0.15, 0.2) is 0 Å². The largest absolute Gasteiger partial charge is 0.510 e. The molecule has 3 aromatic heterocycles. The molecule has 5 aromatic carbocycles. The van der Waals surface area contributed by atoms with Gasteiger partial charge in [0.05, 0.1) is 16.7 Å². The van der Waals surface area contributed by atoms with Crippen LogP contribution in [0.1, 0.15) is 105 Å². The summed E-state index contributed by atoms with van der Waals surface area (Å²) in [6, 6.07) is 43.9.